The van der Waals surface area contributed by atoms with Crippen LogP contribution in [-0.4, -0.2) is 29.5 Å². The lowest BCUT2D eigenvalue weighted by Crippen LogP contribution is -2.31. The van der Waals surface area contributed by atoms with Gasteiger partial charge in [-0.1, -0.05) is 0 Å². The van der Waals surface area contributed by atoms with Gasteiger partial charge in [-0.25, -0.2) is 5.90 Å². The zero-order valence-electron chi connectivity index (χ0n) is 6.53. The third kappa shape index (κ3) is 4.78. The normalized spacial score (nSPS) is 12.5. The van der Waals surface area contributed by atoms with Gasteiger partial charge in [0.25, 0.3) is 0 Å². The molecule has 0 aromatic rings. The van der Waals surface area contributed by atoms with Crippen LogP contribution >= 0.6 is 0 Å². The second-order valence-corrected chi connectivity index (χ2v) is 2.33. The van der Waals surface area contributed by atoms with E-state index in [9.17, 15) is 9.59 Å². The van der Waals surface area contributed by atoms with Crippen LogP contribution in [0.4, 0.5) is 0 Å². The third-order valence-corrected chi connectivity index (χ3v) is 1.30. The van der Waals surface area contributed by atoms with Gasteiger partial charge in [0.1, 0.15) is 12.6 Å². The quantitative estimate of drug-likeness (QED) is 0.430. The van der Waals surface area contributed by atoms with Crippen LogP contribution in [0.1, 0.15) is 12.8 Å². The molecular weight excluding hydrogens is 164 g/mol. The van der Waals surface area contributed by atoms with Crippen molar-refractivity contribution in [2.24, 2.45) is 11.6 Å². The molecule has 0 aromatic carbocycles. The van der Waals surface area contributed by atoms with Crippen LogP contribution in [0.15, 0.2) is 0 Å². The second kappa shape index (κ2) is 5.64. The molecular formula is C6H12N2O4. The highest BCUT2D eigenvalue weighted by molar-refractivity contribution is 5.81. The van der Waals surface area contributed by atoms with Gasteiger partial charge in [0.15, 0.2) is 5.78 Å². The van der Waals surface area contributed by atoms with E-state index >= 15 is 0 Å². The fourth-order valence-electron chi connectivity index (χ4n) is 0.605. The highest BCUT2D eigenvalue weighted by Gasteiger charge is 2.12. The number of hydrogen-bond acceptors (Lipinski definition) is 5. The molecule has 0 aliphatic carbocycles. The number of Topliss-reactive ketones (excluding diaryl/α,β-unsaturated/α-hetero) is 1. The number of carbonyl (C=O) groups excluding carboxylic acids is 1. The van der Waals surface area contributed by atoms with Crippen molar-refractivity contribution in [3.8, 4) is 0 Å². The van der Waals surface area contributed by atoms with Gasteiger partial charge in [-0.2, -0.15) is 0 Å². The second-order valence-electron chi connectivity index (χ2n) is 2.33. The van der Waals surface area contributed by atoms with Crippen LogP contribution in [0.5, 0.6) is 0 Å². The summed E-state index contributed by atoms with van der Waals surface area (Å²) >= 11 is 0. The Balaban J connectivity index is 3.54. The van der Waals surface area contributed by atoms with Gasteiger partial charge in [0, 0.05) is 6.42 Å². The minimum Gasteiger partial charge on any atom is -0.480 e. The molecule has 0 saturated heterocycles. The molecule has 0 aromatic heterocycles. The predicted molar refractivity (Wildman–Crippen MR) is 40.0 cm³/mol. The van der Waals surface area contributed by atoms with Crippen LogP contribution in [-0.2, 0) is 14.4 Å². The molecule has 0 heterocycles. The maximum absolute atomic E-state index is 10.7. The van der Waals surface area contributed by atoms with E-state index in [1.165, 1.54) is 0 Å². The molecule has 0 spiro atoms. The van der Waals surface area contributed by atoms with Crippen molar-refractivity contribution in [1.29, 1.82) is 0 Å². The molecule has 0 radical (unpaired) electrons. The fraction of sp³-hybridized carbons (Fsp3) is 0.667. The summed E-state index contributed by atoms with van der Waals surface area (Å²) < 4.78 is 0. The smallest absolute Gasteiger partial charge is 0.320 e. The highest BCUT2D eigenvalue weighted by Crippen LogP contribution is 1.95. The minimum atomic E-state index is -1.11. The summed E-state index contributed by atoms with van der Waals surface area (Å²) in [7, 11) is 0. The Morgan fingerprint density at radius 1 is 1.50 bits per heavy atom. The largest absolute Gasteiger partial charge is 0.480 e. The first-order chi connectivity index (χ1) is 5.57. The molecule has 6 nitrogen and oxygen atoms in total. The number of carboxylic acid groups (broad SMARTS) is 1. The summed E-state index contributed by atoms with van der Waals surface area (Å²) in [6.45, 7) is -0.202. The van der Waals surface area contributed by atoms with Crippen molar-refractivity contribution in [2.45, 2.75) is 18.9 Å². The molecule has 0 aliphatic heterocycles. The fourth-order valence-corrected chi connectivity index (χ4v) is 0.605. The van der Waals surface area contributed by atoms with E-state index in [4.69, 9.17) is 10.8 Å². The molecule has 0 saturated carbocycles. The summed E-state index contributed by atoms with van der Waals surface area (Å²) in [6, 6.07) is -0.994. The Morgan fingerprint density at radius 3 is 2.50 bits per heavy atom. The predicted octanol–water partition coefficient (Wildman–Crippen LogP) is -1.36. The van der Waals surface area contributed by atoms with Crippen molar-refractivity contribution in [3.63, 3.8) is 0 Å². The first kappa shape index (κ1) is 11.0. The van der Waals surface area contributed by atoms with E-state index in [2.05, 4.69) is 10.7 Å². The number of ketones is 1. The van der Waals surface area contributed by atoms with Crippen LogP contribution in [0, 0.1) is 0 Å². The lowest BCUT2D eigenvalue weighted by molar-refractivity contribution is -0.138. The summed E-state index contributed by atoms with van der Waals surface area (Å²) in [6.07, 6.45) is 0.183. The Kier molecular flexibility index (Phi) is 5.18. The first-order valence-electron chi connectivity index (χ1n) is 3.39. The van der Waals surface area contributed by atoms with Gasteiger partial charge in [-0.15, -0.1) is 0 Å². The van der Waals surface area contributed by atoms with Crippen molar-refractivity contribution in [2.75, 3.05) is 6.61 Å². The van der Waals surface area contributed by atoms with E-state index in [1.54, 1.807) is 0 Å². The van der Waals surface area contributed by atoms with Crippen LogP contribution in [0.3, 0.4) is 0 Å². The number of aliphatic carboxylic acids is 1. The maximum atomic E-state index is 10.7. The van der Waals surface area contributed by atoms with Gasteiger partial charge < -0.3 is 10.8 Å². The van der Waals surface area contributed by atoms with E-state index in [0.29, 0.717) is 0 Å². The first-order valence-corrected chi connectivity index (χ1v) is 3.39. The summed E-state index contributed by atoms with van der Waals surface area (Å²) in [5, 5.41) is 8.33. The third-order valence-electron chi connectivity index (χ3n) is 1.30. The molecule has 1 atom stereocenters. The van der Waals surface area contributed by atoms with Crippen molar-refractivity contribution in [3.05, 3.63) is 0 Å². The van der Waals surface area contributed by atoms with Gasteiger partial charge in [-0.05, 0) is 6.42 Å². The molecule has 0 aliphatic rings. The van der Waals surface area contributed by atoms with E-state index in [-0.39, 0.29) is 25.2 Å². The summed E-state index contributed by atoms with van der Waals surface area (Å²) in [5.41, 5.74) is 5.14. The Labute approximate surface area is 69.4 Å². The van der Waals surface area contributed by atoms with Crippen molar-refractivity contribution < 1.29 is 19.5 Å². The zero-order chi connectivity index (χ0) is 9.56. The van der Waals surface area contributed by atoms with Gasteiger partial charge >= 0.3 is 5.97 Å². The summed E-state index contributed by atoms with van der Waals surface area (Å²) in [5.74, 6) is 3.26. The molecule has 70 valence electrons. The lowest BCUT2D eigenvalue weighted by atomic mass is 10.1. The van der Waals surface area contributed by atoms with Crippen LogP contribution < -0.4 is 11.6 Å². The highest BCUT2D eigenvalue weighted by atomic mass is 16.6. The standard InChI is InChI=1S/C6H12N2O4/c7-5(6(10)11)2-1-4(9)3-12-8/h5H,1-3,7-8H2,(H,10,11). The summed E-state index contributed by atoms with van der Waals surface area (Å²) in [4.78, 5) is 25.0. The van der Waals surface area contributed by atoms with Crippen molar-refractivity contribution >= 4 is 11.8 Å². The van der Waals surface area contributed by atoms with Gasteiger partial charge in [0.2, 0.25) is 0 Å². The molecule has 12 heavy (non-hydrogen) atoms. The molecule has 0 bridgehead atoms. The Morgan fingerprint density at radius 2 is 2.08 bits per heavy atom. The molecule has 6 heteroatoms. The lowest BCUT2D eigenvalue weighted by Gasteiger charge is -2.03. The molecule has 1 unspecified atom stereocenters. The molecule has 0 fully saturated rings. The average molecular weight is 176 g/mol. The topological polar surface area (TPSA) is 116 Å². The number of carbonyl (C=O) groups is 2. The van der Waals surface area contributed by atoms with E-state index in [1.807, 2.05) is 0 Å². The average Bonchev–Trinajstić information content (AvgIpc) is 2.00. The SMILES string of the molecule is NOCC(=O)CCC(N)C(=O)O. The minimum absolute atomic E-state index is 0.0741. The number of nitrogens with two attached hydrogens (primary N) is 2. The number of hydrogen-bond donors (Lipinski definition) is 3. The zero-order valence-corrected chi connectivity index (χ0v) is 6.53. The number of carboxylic acids is 1. The van der Waals surface area contributed by atoms with E-state index < -0.39 is 12.0 Å². The van der Waals surface area contributed by atoms with Crippen LogP contribution in [0.25, 0.3) is 0 Å². The maximum Gasteiger partial charge on any atom is 0.320 e. The molecule has 0 rings (SSSR count). The van der Waals surface area contributed by atoms with E-state index in [0.717, 1.165) is 0 Å². The van der Waals surface area contributed by atoms with Gasteiger partial charge in [0.05, 0.1) is 0 Å². The molecule has 5 N–H and O–H groups in total. The van der Waals surface area contributed by atoms with Crippen LogP contribution in [0.2, 0.25) is 0 Å². The van der Waals surface area contributed by atoms with Gasteiger partial charge in [-0.3, -0.25) is 14.4 Å². The molecule has 0 amide bonds. The monoisotopic (exact) mass is 176 g/mol. The Hall–Kier alpha value is -0.980. The Bertz CT molecular complexity index is 171. The van der Waals surface area contributed by atoms with Crippen molar-refractivity contribution in [1.82, 2.24) is 0 Å². The number of rotatable bonds is 6.